The number of nitrogens with one attached hydrogen (secondary N) is 1. The second-order valence-corrected chi connectivity index (χ2v) is 5.88. The highest BCUT2D eigenvalue weighted by Gasteiger charge is 2.22. The highest BCUT2D eigenvalue weighted by atomic mass is 32.2. The third-order valence-electron chi connectivity index (χ3n) is 2.52. The van der Waals surface area contributed by atoms with Crippen LogP contribution >= 0.6 is 0 Å². The summed E-state index contributed by atoms with van der Waals surface area (Å²) in [5.41, 5.74) is 5.36. The third-order valence-corrected chi connectivity index (χ3v) is 3.65. The second kappa shape index (κ2) is 7.11. The number of benzene rings is 1. The van der Waals surface area contributed by atoms with Gasteiger partial charge in [-0.25, -0.2) is 4.21 Å². The number of nitrogens with two attached hydrogens (primary N) is 1. The van der Waals surface area contributed by atoms with E-state index in [1.807, 2.05) is 13.8 Å². The number of nitro groups is 1. The SMILES string of the molecule is CC(C)CC(N)C(=O)NS(=O)c1ccccc1[N+](=O)[O-]. The number of carbonyl (C=O) groups is 1. The monoisotopic (exact) mass is 299 g/mol. The topological polar surface area (TPSA) is 115 Å². The molecule has 1 rings (SSSR count). The molecule has 0 aliphatic rings. The van der Waals surface area contributed by atoms with E-state index in [1.165, 1.54) is 24.3 Å². The van der Waals surface area contributed by atoms with Gasteiger partial charge in [-0.05, 0) is 18.4 Å². The van der Waals surface area contributed by atoms with Gasteiger partial charge in [0.25, 0.3) is 5.69 Å². The first-order chi connectivity index (χ1) is 9.32. The zero-order chi connectivity index (χ0) is 15.3. The molecule has 0 bridgehead atoms. The van der Waals surface area contributed by atoms with Crippen LogP contribution in [-0.2, 0) is 15.8 Å². The predicted octanol–water partition coefficient (Wildman–Crippen LogP) is 1.11. The summed E-state index contributed by atoms with van der Waals surface area (Å²) in [6.45, 7) is 3.82. The molecule has 0 heterocycles. The minimum absolute atomic E-state index is 0.0532. The summed E-state index contributed by atoms with van der Waals surface area (Å²) in [4.78, 5) is 21.9. The van der Waals surface area contributed by atoms with Crippen molar-refractivity contribution in [2.75, 3.05) is 0 Å². The Balaban J connectivity index is 2.82. The molecular weight excluding hydrogens is 282 g/mol. The van der Waals surface area contributed by atoms with Crippen LogP contribution in [0.5, 0.6) is 0 Å². The van der Waals surface area contributed by atoms with Crippen LogP contribution in [0.2, 0.25) is 0 Å². The smallest absolute Gasteiger partial charge is 0.287 e. The molecule has 0 aliphatic heterocycles. The molecule has 1 aromatic carbocycles. The van der Waals surface area contributed by atoms with E-state index in [4.69, 9.17) is 5.73 Å². The van der Waals surface area contributed by atoms with Gasteiger partial charge in [-0.15, -0.1) is 0 Å². The van der Waals surface area contributed by atoms with Crippen LogP contribution < -0.4 is 10.5 Å². The van der Waals surface area contributed by atoms with Crippen molar-refractivity contribution in [1.29, 1.82) is 0 Å². The Kier molecular flexibility index (Phi) is 5.78. The normalized spacial score (nSPS) is 13.8. The zero-order valence-electron chi connectivity index (χ0n) is 11.2. The van der Waals surface area contributed by atoms with Gasteiger partial charge < -0.3 is 5.73 Å². The van der Waals surface area contributed by atoms with Crippen molar-refractivity contribution < 1.29 is 13.9 Å². The van der Waals surface area contributed by atoms with Gasteiger partial charge in [0, 0.05) is 6.07 Å². The summed E-state index contributed by atoms with van der Waals surface area (Å²) in [5.74, 6) is -0.370. The van der Waals surface area contributed by atoms with Gasteiger partial charge >= 0.3 is 0 Å². The van der Waals surface area contributed by atoms with Crippen LogP contribution in [0.1, 0.15) is 20.3 Å². The lowest BCUT2D eigenvalue weighted by Crippen LogP contribution is -2.42. The van der Waals surface area contributed by atoms with E-state index in [-0.39, 0.29) is 16.5 Å². The summed E-state index contributed by atoms with van der Waals surface area (Å²) in [7, 11) is -2.00. The molecule has 3 N–H and O–H groups in total. The van der Waals surface area contributed by atoms with Crippen molar-refractivity contribution >= 4 is 22.6 Å². The van der Waals surface area contributed by atoms with Gasteiger partial charge in [-0.2, -0.15) is 0 Å². The molecule has 0 radical (unpaired) electrons. The molecule has 7 nitrogen and oxygen atoms in total. The molecule has 1 amide bonds. The van der Waals surface area contributed by atoms with E-state index in [9.17, 15) is 19.1 Å². The fourth-order valence-corrected chi connectivity index (χ4v) is 2.58. The lowest BCUT2D eigenvalue weighted by atomic mass is 10.0. The highest BCUT2D eigenvalue weighted by Crippen LogP contribution is 2.20. The fourth-order valence-electron chi connectivity index (χ4n) is 1.60. The van der Waals surface area contributed by atoms with Crippen molar-refractivity contribution in [2.45, 2.75) is 31.2 Å². The van der Waals surface area contributed by atoms with E-state index in [0.717, 1.165) is 0 Å². The summed E-state index contributed by atoms with van der Waals surface area (Å²) in [6, 6.07) is 4.75. The van der Waals surface area contributed by atoms with Gasteiger partial charge in [0.05, 0.1) is 11.0 Å². The fraction of sp³-hybridized carbons (Fsp3) is 0.417. The third kappa shape index (κ3) is 4.39. The number of hydrogen-bond donors (Lipinski definition) is 2. The molecule has 0 saturated heterocycles. The molecule has 0 saturated carbocycles. The van der Waals surface area contributed by atoms with Gasteiger partial charge in [0.15, 0.2) is 11.0 Å². The molecule has 0 fully saturated rings. The van der Waals surface area contributed by atoms with Crippen LogP contribution in [0.25, 0.3) is 0 Å². The Morgan fingerprint density at radius 2 is 2.05 bits per heavy atom. The zero-order valence-corrected chi connectivity index (χ0v) is 12.1. The number of nitro benzene ring substituents is 1. The van der Waals surface area contributed by atoms with Gasteiger partial charge in [0.2, 0.25) is 5.91 Å². The molecule has 2 unspecified atom stereocenters. The summed E-state index contributed by atoms with van der Waals surface area (Å²) < 4.78 is 14.2. The van der Waals surface area contributed by atoms with Crippen molar-refractivity contribution in [2.24, 2.45) is 11.7 Å². The number of amides is 1. The summed E-state index contributed by atoms with van der Waals surface area (Å²) >= 11 is 0. The minimum Gasteiger partial charge on any atom is -0.320 e. The molecule has 110 valence electrons. The molecule has 0 aromatic heterocycles. The van der Waals surface area contributed by atoms with Crippen LogP contribution in [0, 0.1) is 16.0 Å². The average Bonchev–Trinajstić information content (AvgIpc) is 2.37. The van der Waals surface area contributed by atoms with Crippen LogP contribution in [0.3, 0.4) is 0 Å². The van der Waals surface area contributed by atoms with E-state index in [0.29, 0.717) is 6.42 Å². The average molecular weight is 299 g/mol. The lowest BCUT2D eigenvalue weighted by molar-refractivity contribution is -0.387. The maximum atomic E-state index is 12.0. The standard InChI is InChI=1S/C12H17N3O4S/c1-8(2)7-9(13)12(16)14-20(19)11-6-4-3-5-10(11)15(17)18/h3-6,8-9H,7,13H2,1-2H3,(H,14,16). The second-order valence-electron chi connectivity index (χ2n) is 4.70. The van der Waals surface area contributed by atoms with Crippen LogP contribution in [0.15, 0.2) is 29.2 Å². The van der Waals surface area contributed by atoms with Crippen molar-refractivity contribution in [3.8, 4) is 0 Å². The number of nitrogens with zero attached hydrogens (tertiary/aromatic N) is 1. The Morgan fingerprint density at radius 1 is 1.45 bits per heavy atom. The van der Waals surface area contributed by atoms with E-state index < -0.39 is 27.9 Å². The molecular formula is C12H17N3O4S. The Labute approximate surface area is 119 Å². The van der Waals surface area contributed by atoms with Crippen molar-refractivity contribution in [1.82, 2.24) is 4.72 Å². The van der Waals surface area contributed by atoms with E-state index in [2.05, 4.69) is 4.72 Å². The molecule has 8 heteroatoms. The van der Waals surface area contributed by atoms with Crippen molar-refractivity contribution in [3.63, 3.8) is 0 Å². The number of rotatable bonds is 6. The first kappa shape index (κ1) is 16.3. The first-order valence-electron chi connectivity index (χ1n) is 6.04. The predicted molar refractivity (Wildman–Crippen MR) is 75.1 cm³/mol. The van der Waals surface area contributed by atoms with Crippen LogP contribution in [0.4, 0.5) is 5.69 Å². The molecule has 1 aromatic rings. The molecule has 20 heavy (non-hydrogen) atoms. The summed E-state index contributed by atoms with van der Waals surface area (Å²) in [5, 5.41) is 10.8. The number of para-hydroxylation sites is 1. The van der Waals surface area contributed by atoms with E-state index >= 15 is 0 Å². The highest BCUT2D eigenvalue weighted by molar-refractivity contribution is 7.83. The number of carbonyl (C=O) groups excluding carboxylic acids is 1. The maximum absolute atomic E-state index is 12.0. The van der Waals surface area contributed by atoms with Gasteiger partial charge in [-0.3, -0.25) is 19.6 Å². The number of hydrogen-bond acceptors (Lipinski definition) is 5. The summed E-state index contributed by atoms with van der Waals surface area (Å²) in [6.07, 6.45) is 0.444. The lowest BCUT2D eigenvalue weighted by Gasteiger charge is -2.13. The Bertz CT molecular complexity index is 533. The molecule has 2 atom stereocenters. The first-order valence-corrected chi connectivity index (χ1v) is 7.19. The molecule has 0 aliphatic carbocycles. The van der Waals surface area contributed by atoms with Crippen LogP contribution in [-0.4, -0.2) is 21.1 Å². The maximum Gasteiger partial charge on any atom is 0.287 e. The van der Waals surface area contributed by atoms with Crippen molar-refractivity contribution in [3.05, 3.63) is 34.4 Å². The Hall–Kier alpha value is -1.80. The Morgan fingerprint density at radius 3 is 2.60 bits per heavy atom. The van der Waals surface area contributed by atoms with Gasteiger partial charge in [-0.1, -0.05) is 26.0 Å². The quantitative estimate of drug-likeness (QED) is 0.603. The molecule has 0 spiro atoms. The minimum atomic E-state index is -2.00. The largest absolute Gasteiger partial charge is 0.320 e. The van der Waals surface area contributed by atoms with Gasteiger partial charge in [0.1, 0.15) is 4.90 Å². The van der Waals surface area contributed by atoms with E-state index in [1.54, 1.807) is 0 Å².